The molecule has 1 aliphatic rings. The number of fused-ring (bicyclic) bond motifs is 1. The average Bonchev–Trinajstić information content (AvgIpc) is 3.40. The highest BCUT2D eigenvalue weighted by Crippen LogP contribution is 2.28. The van der Waals surface area contributed by atoms with E-state index in [1.165, 1.54) is 18.5 Å². The maximum Gasteiger partial charge on any atom is 0.257 e. The van der Waals surface area contributed by atoms with Gasteiger partial charge in [0.25, 0.3) is 5.91 Å². The Morgan fingerprint density at radius 1 is 1.11 bits per heavy atom. The molecular weight excluding hydrogens is 451 g/mol. The topological polar surface area (TPSA) is 121 Å². The number of anilines is 2. The van der Waals surface area contributed by atoms with E-state index in [-0.39, 0.29) is 29.1 Å². The minimum atomic E-state index is -0.851. The maximum absolute atomic E-state index is 14.3. The van der Waals surface area contributed by atoms with E-state index in [1.807, 2.05) is 24.2 Å². The first-order valence-corrected chi connectivity index (χ1v) is 11.1. The van der Waals surface area contributed by atoms with E-state index in [9.17, 15) is 14.0 Å². The number of nitrogens with zero attached hydrogens (tertiary/aromatic N) is 5. The number of hydrogen-bond acceptors (Lipinski definition) is 6. The highest BCUT2D eigenvalue weighted by molar-refractivity contribution is 6.06. The Hall–Kier alpha value is -4.12. The number of aromatic amines is 1. The SMILES string of the molecule is Cn1cc(-c2cc3cc(C(=O)Nc4cc(NC(=O)CN5CC(C)(C)C5)cnc4F)cnc3[nH]2)cn1. The molecule has 1 saturated heterocycles. The van der Waals surface area contributed by atoms with E-state index in [0.29, 0.717) is 11.3 Å². The molecule has 5 rings (SSSR count). The summed E-state index contributed by atoms with van der Waals surface area (Å²) in [5.41, 5.74) is 2.95. The molecule has 0 radical (unpaired) electrons. The molecule has 1 aliphatic heterocycles. The zero-order chi connectivity index (χ0) is 24.7. The van der Waals surface area contributed by atoms with Crippen molar-refractivity contribution in [3.05, 3.63) is 54.5 Å². The Morgan fingerprint density at radius 2 is 1.91 bits per heavy atom. The number of aromatic nitrogens is 5. The number of halogens is 1. The first-order chi connectivity index (χ1) is 16.6. The number of H-pyrrole nitrogens is 1. The highest BCUT2D eigenvalue weighted by Gasteiger charge is 2.34. The lowest BCUT2D eigenvalue weighted by molar-refractivity contribution is -0.120. The molecule has 10 nitrogen and oxygen atoms in total. The van der Waals surface area contributed by atoms with Crippen molar-refractivity contribution in [2.75, 3.05) is 30.3 Å². The van der Waals surface area contributed by atoms with Crippen molar-refractivity contribution in [1.29, 1.82) is 0 Å². The maximum atomic E-state index is 14.3. The summed E-state index contributed by atoms with van der Waals surface area (Å²) in [6, 6.07) is 4.88. The van der Waals surface area contributed by atoms with Crippen molar-refractivity contribution < 1.29 is 14.0 Å². The molecule has 4 aromatic rings. The summed E-state index contributed by atoms with van der Waals surface area (Å²) in [6.07, 6.45) is 6.22. The predicted octanol–water partition coefficient (Wildman–Crippen LogP) is 3.03. The normalized spacial score (nSPS) is 15.1. The standard InChI is InChI=1S/C24H25FN8O2/c1-24(2)12-33(13-24)11-20(34)29-17-6-19(21(25)26-9-17)31-23(35)15-4-14-5-18(30-22(14)27-7-15)16-8-28-32(3)10-16/h4-10H,11-13H2,1-3H3,(H,27,30)(H,29,34)(H,31,35). The quantitative estimate of drug-likeness (QED) is 0.368. The van der Waals surface area contributed by atoms with Gasteiger partial charge in [0.2, 0.25) is 11.9 Å². The fourth-order valence-corrected chi connectivity index (χ4v) is 4.33. The number of hydrogen-bond donors (Lipinski definition) is 3. The molecule has 0 spiro atoms. The Balaban J connectivity index is 1.28. The molecule has 5 heterocycles. The van der Waals surface area contributed by atoms with Gasteiger partial charge in [0, 0.05) is 43.5 Å². The van der Waals surface area contributed by atoms with Crippen molar-refractivity contribution in [2.45, 2.75) is 13.8 Å². The van der Waals surface area contributed by atoms with E-state index in [0.717, 1.165) is 29.7 Å². The van der Waals surface area contributed by atoms with Crippen LogP contribution >= 0.6 is 0 Å². The molecular formula is C24H25FN8O2. The van der Waals surface area contributed by atoms with Crippen LogP contribution < -0.4 is 10.6 Å². The highest BCUT2D eigenvalue weighted by atomic mass is 19.1. The van der Waals surface area contributed by atoms with Gasteiger partial charge < -0.3 is 15.6 Å². The van der Waals surface area contributed by atoms with E-state index in [2.05, 4.69) is 44.5 Å². The van der Waals surface area contributed by atoms with Crippen LogP contribution in [0.1, 0.15) is 24.2 Å². The summed E-state index contributed by atoms with van der Waals surface area (Å²) in [7, 11) is 1.83. The third kappa shape index (κ3) is 4.90. The molecule has 4 aromatic heterocycles. The lowest BCUT2D eigenvalue weighted by atomic mass is 9.84. The van der Waals surface area contributed by atoms with Crippen LogP contribution in [0.2, 0.25) is 0 Å². The van der Waals surface area contributed by atoms with Gasteiger partial charge in [-0.05, 0) is 23.6 Å². The van der Waals surface area contributed by atoms with Gasteiger partial charge in [-0.2, -0.15) is 9.49 Å². The van der Waals surface area contributed by atoms with Crippen molar-refractivity contribution in [3.8, 4) is 11.3 Å². The molecule has 3 N–H and O–H groups in total. The fourth-order valence-electron chi connectivity index (χ4n) is 4.33. The number of amides is 2. The molecule has 0 aromatic carbocycles. The van der Waals surface area contributed by atoms with Crippen molar-refractivity contribution in [1.82, 2.24) is 29.6 Å². The van der Waals surface area contributed by atoms with Crippen LogP contribution in [0.15, 0.2) is 43.0 Å². The molecule has 2 amide bonds. The predicted molar refractivity (Wildman–Crippen MR) is 129 cm³/mol. The monoisotopic (exact) mass is 476 g/mol. The van der Waals surface area contributed by atoms with Crippen LogP contribution in [-0.4, -0.2) is 61.1 Å². The third-order valence-corrected chi connectivity index (χ3v) is 5.79. The summed E-state index contributed by atoms with van der Waals surface area (Å²) >= 11 is 0. The Bertz CT molecular complexity index is 1430. The van der Waals surface area contributed by atoms with Gasteiger partial charge in [0.15, 0.2) is 0 Å². The molecule has 0 aliphatic carbocycles. The number of rotatable bonds is 6. The lowest BCUT2D eigenvalue weighted by Gasteiger charge is -2.45. The largest absolute Gasteiger partial charge is 0.339 e. The molecule has 180 valence electrons. The van der Waals surface area contributed by atoms with Crippen molar-refractivity contribution >= 4 is 34.2 Å². The molecule has 0 atom stereocenters. The Labute approximate surface area is 200 Å². The second-order valence-electron chi connectivity index (χ2n) is 9.62. The van der Waals surface area contributed by atoms with Crippen molar-refractivity contribution in [3.63, 3.8) is 0 Å². The second kappa shape index (κ2) is 8.58. The van der Waals surface area contributed by atoms with Gasteiger partial charge in [-0.15, -0.1) is 0 Å². The van der Waals surface area contributed by atoms with Crippen molar-refractivity contribution in [2.24, 2.45) is 12.5 Å². The first-order valence-electron chi connectivity index (χ1n) is 11.1. The van der Waals surface area contributed by atoms with Gasteiger partial charge in [-0.25, -0.2) is 9.97 Å². The van der Waals surface area contributed by atoms with E-state index < -0.39 is 11.9 Å². The summed E-state index contributed by atoms with van der Waals surface area (Å²) < 4.78 is 16.0. The zero-order valence-corrected chi connectivity index (χ0v) is 19.6. The molecule has 1 fully saturated rings. The van der Waals surface area contributed by atoms with Crippen LogP contribution in [-0.2, 0) is 11.8 Å². The summed E-state index contributed by atoms with van der Waals surface area (Å²) in [5.74, 6) is -1.62. The Kier molecular flexibility index (Phi) is 5.56. The Morgan fingerprint density at radius 3 is 2.63 bits per heavy atom. The van der Waals surface area contributed by atoms with Crippen LogP contribution in [0.5, 0.6) is 0 Å². The van der Waals surface area contributed by atoms with Gasteiger partial charge in [-0.3, -0.25) is 19.2 Å². The molecule has 0 saturated carbocycles. The van der Waals surface area contributed by atoms with Crippen LogP contribution in [0.4, 0.5) is 15.8 Å². The molecule has 35 heavy (non-hydrogen) atoms. The molecule has 0 unspecified atom stereocenters. The van der Waals surface area contributed by atoms with Gasteiger partial charge >= 0.3 is 0 Å². The molecule has 11 heteroatoms. The molecule has 0 bridgehead atoms. The second-order valence-corrected chi connectivity index (χ2v) is 9.62. The minimum Gasteiger partial charge on any atom is -0.339 e. The van der Waals surface area contributed by atoms with Crippen LogP contribution in [0.3, 0.4) is 0 Å². The number of carbonyl (C=O) groups is 2. The van der Waals surface area contributed by atoms with Gasteiger partial charge in [0.05, 0.1) is 41.6 Å². The summed E-state index contributed by atoms with van der Waals surface area (Å²) in [5, 5.41) is 10.1. The van der Waals surface area contributed by atoms with E-state index in [1.54, 1.807) is 16.9 Å². The minimum absolute atomic E-state index is 0.136. The number of carbonyl (C=O) groups excluding carboxylic acids is 2. The van der Waals surface area contributed by atoms with Gasteiger partial charge in [-0.1, -0.05) is 13.8 Å². The number of nitrogens with one attached hydrogen (secondary N) is 3. The first kappa shape index (κ1) is 22.7. The summed E-state index contributed by atoms with van der Waals surface area (Å²) in [6.45, 7) is 6.21. The number of aryl methyl sites for hydroxylation is 1. The third-order valence-electron chi connectivity index (χ3n) is 5.79. The summed E-state index contributed by atoms with van der Waals surface area (Å²) in [4.78, 5) is 38.3. The van der Waals surface area contributed by atoms with E-state index in [4.69, 9.17) is 0 Å². The lowest BCUT2D eigenvalue weighted by Crippen LogP contribution is -2.54. The smallest absolute Gasteiger partial charge is 0.257 e. The fraction of sp³-hybridized carbons (Fsp3) is 0.292. The zero-order valence-electron chi connectivity index (χ0n) is 19.6. The number of likely N-dealkylation sites (tertiary alicyclic amines) is 1. The van der Waals surface area contributed by atoms with Gasteiger partial charge in [0.1, 0.15) is 5.65 Å². The van der Waals surface area contributed by atoms with Crippen LogP contribution in [0, 0.1) is 11.4 Å². The van der Waals surface area contributed by atoms with Crippen LogP contribution in [0.25, 0.3) is 22.3 Å². The van der Waals surface area contributed by atoms with E-state index >= 15 is 0 Å². The number of pyridine rings is 2. The average molecular weight is 477 g/mol.